The van der Waals surface area contributed by atoms with E-state index in [0.29, 0.717) is 9.80 Å². The number of nitrogens with zero attached hydrogens (tertiary/aromatic N) is 2. The SMILES string of the molecule is CN1C(=O)C(C(CS(=O)(=O)c2ccccc2)S(=O)(=O)c2ccccc2)C(=O)N(C)C1=O. The molecule has 0 aliphatic carbocycles. The Balaban J connectivity index is 2.17. The van der Waals surface area contributed by atoms with E-state index in [1.54, 1.807) is 12.1 Å². The molecule has 4 amide bonds. The van der Waals surface area contributed by atoms with Crippen molar-refractivity contribution in [2.24, 2.45) is 5.92 Å². The van der Waals surface area contributed by atoms with Crippen molar-refractivity contribution in [2.45, 2.75) is 15.0 Å². The number of sulfone groups is 2. The molecule has 9 nitrogen and oxygen atoms in total. The summed E-state index contributed by atoms with van der Waals surface area (Å²) in [5.41, 5.74) is 0. The fourth-order valence-corrected chi connectivity index (χ4v) is 7.47. The maximum atomic E-state index is 13.4. The van der Waals surface area contributed by atoms with Gasteiger partial charge in [0.1, 0.15) is 11.2 Å². The van der Waals surface area contributed by atoms with Crippen molar-refractivity contribution in [1.82, 2.24) is 9.80 Å². The first kappa shape index (κ1) is 22.6. The van der Waals surface area contributed by atoms with Crippen molar-refractivity contribution in [3.8, 4) is 0 Å². The summed E-state index contributed by atoms with van der Waals surface area (Å²) in [7, 11) is -6.44. The molecule has 11 heteroatoms. The average molecular weight is 465 g/mol. The van der Waals surface area contributed by atoms with Gasteiger partial charge in [-0.2, -0.15) is 0 Å². The van der Waals surface area contributed by atoms with Crippen LogP contribution in [-0.4, -0.2) is 69.6 Å². The predicted octanol–water partition coefficient (Wildman–Crippen LogP) is 0.969. The second kappa shape index (κ2) is 8.23. The molecule has 1 fully saturated rings. The van der Waals surface area contributed by atoms with Gasteiger partial charge in [-0.25, -0.2) is 21.6 Å². The molecule has 1 aliphatic rings. The summed E-state index contributed by atoms with van der Waals surface area (Å²) in [6.07, 6.45) is 0. The van der Waals surface area contributed by atoms with Crippen LogP contribution < -0.4 is 0 Å². The van der Waals surface area contributed by atoms with E-state index in [9.17, 15) is 31.2 Å². The largest absolute Gasteiger partial charge is 0.332 e. The summed E-state index contributed by atoms with van der Waals surface area (Å²) in [6.45, 7) is 0. The van der Waals surface area contributed by atoms with Crippen molar-refractivity contribution in [3.05, 3.63) is 60.7 Å². The molecule has 164 valence electrons. The molecule has 0 N–H and O–H groups in total. The van der Waals surface area contributed by atoms with Gasteiger partial charge in [-0.1, -0.05) is 36.4 Å². The quantitative estimate of drug-likeness (QED) is 0.583. The Morgan fingerprint density at radius 3 is 1.61 bits per heavy atom. The first-order valence-electron chi connectivity index (χ1n) is 9.14. The fraction of sp³-hybridized carbons (Fsp3) is 0.250. The van der Waals surface area contributed by atoms with Crippen molar-refractivity contribution < 1.29 is 31.2 Å². The predicted molar refractivity (Wildman–Crippen MR) is 110 cm³/mol. The van der Waals surface area contributed by atoms with Gasteiger partial charge in [0.15, 0.2) is 19.7 Å². The van der Waals surface area contributed by atoms with Gasteiger partial charge in [0, 0.05) is 14.1 Å². The first-order chi connectivity index (χ1) is 14.5. The van der Waals surface area contributed by atoms with Gasteiger partial charge in [0.25, 0.3) is 0 Å². The van der Waals surface area contributed by atoms with E-state index in [1.807, 2.05) is 0 Å². The Morgan fingerprint density at radius 1 is 0.742 bits per heavy atom. The van der Waals surface area contributed by atoms with Crippen LogP contribution in [0.15, 0.2) is 70.5 Å². The minimum absolute atomic E-state index is 0.142. The molecule has 1 heterocycles. The number of urea groups is 1. The number of barbiturate groups is 1. The number of rotatable bonds is 6. The highest BCUT2D eigenvalue weighted by molar-refractivity contribution is 7.95. The first-order valence-corrected chi connectivity index (χ1v) is 12.3. The minimum atomic E-state index is -4.46. The molecule has 3 rings (SSSR count). The van der Waals surface area contributed by atoms with Crippen LogP contribution in [0.5, 0.6) is 0 Å². The van der Waals surface area contributed by atoms with Crippen LogP contribution in [0.3, 0.4) is 0 Å². The van der Waals surface area contributed by atoms with Crippen molar-refractivity contribution in [3.63, 3.8) is 0 Å². The van der Waals surface area contributed by atoms with Gasteiger partial charge in [-0.05, 0) is 24.3 Å². The standard InChI is InChI=1S/C20H20N2O7S2/c1-21-18(23)17(19(24)22(2)20(21)25)16(31(28,29)15-11-7-4-8-12-15)13-30(26,27)14-9-5-3-6-10-14/h3-12,16-17H,13H2,1-2H3. The lowest BCUT2D eigenvalue weighted by Crippen LogP contribution is -2.61. The van der Waals surface area contributed by atoms with Crippen LogP contribution in [0, 0.1) is 5.92 Å². The Labute approximate surface area is 180 Å². The van der Waals surface area contributed by atoms with E-state index < -0.39 is 54.4 Å². The molecule has 0 aromatic heterocycles. The molecule has 31 heavy (non-hydrogen) atoms. The van der Waals surface area contributed by atoms with Gasteiger partial charge in [0.05, 0.1) is 15.5 Å². The maximum absolute atomic E-state index is 13.4. The average Bonchev–Trinajstić information content (AvgIpc) is 2.77. The number of hydrogen-bond donors (Lipinski definition) is 0. The molecule has 1 saturated heterocycles. The highest BCUT2D eigenvalue weighted by atomic mass is 32.2. The van der Waals surface area contributed by atoms with Crippen molar-refractivity contribution >= 4 is 37.5 Å². The molecule has 0 bridgehead atoms. The number of carbonyl (C=O) groups excluding carboxylic acids is 3. The second-order valence-electron chi connectivity index (χ2n) is 7.05. The van der Waals surface area contributed by atoms with E-state index in [0.717, 1.165) is 14.1 Å². The highest BCUT2D eigenvalue weighted by Gasteiger charge is 2.52. The van der Waals surface area contributed by atoms with E-state index in [-0.39, 0.29) is 9.79 Å². The van der Waals surface area contributed by atoms with Gasteiger partial charge >= 0.3 is 6.03 Å². The van der Waals surface area contributed by atoms with Gasteiger partial charge in [-0.3, -0.25) is 19.4 Å². The van der Waals surface area contributed by atoms with Crippen molar-refractivity contribution in [1.29, 1.82) is 0 Å². The molecular weight excluding hydrogens is 444 g/mol. The number of imide groups is 2. The third kappa shape index (κ3) is 4.10. The summed E-state index contributed by atoms with van der Waals surface area (Å²) in [6, 6.07) is 13.2. The molecule has 1 unspecified atom stereocenters. The van der Waals surface area contributed by atoms with Crippen molar-refractivity contribution in [2.75, 3.05) is 19.8 Å². The number of amides is 4. The molecular formula is C20H20N2O7S2. The Bertz CT molecular complexity index is 1200. The molecule has 0 spiro atoms. The van der Waals surface area contributed by atoms with E-state index in [4.69, 9.17) is 0 Å². The van der Waals surface area contributed by atoms with Crippen LogP contribution >= 0.6 is 0 Å². The second-order valence-corrected chi connectivity index (χ2v) is 11.2. The molecule has 2 aromatic rings. The zero-order valence-electron chi connectivity index (χ0n) is 16.7. The Hall–Kier alpha value is -3.05. The van der Waals surface area contributed by atoms with Gasteiger partial charge in [-0.15, -0.1) is 0 Å². The number of hydrogen-bond acceptors (Lipinski definition) is 7. The van der Waals surface area contributed by atoms with E-state index in [2.05, 4.69) is 0 Å². The summed E-state index contributed by atoms with van der Waals surface area (Å²) < 4.78 is 52.9. The monoisotopic (exact) mass is 464 g/mol. The topological polar surface area (TPSA) is 126 Å². The molecule has 2 aromatic carbocycles. The normalized spacial score (nSPS) is 17.2. The highest BCUT2D eigenvalue weighted by Crippen LogP contribution is 2.30. The summed E-state index contributed by atoms with van der Waals surface area (Å²) in [5.74, 6) is -5.04. The number of carbonyl (C=O) groups is 3. The summed E-state index contributed by atoms with van der Waals surface area (Å²) >= 11 is 0. The molecule has 0 saturated carbocycles. The van der Waals surface area contributed by atoms with Gasteiger partial charge < -0.3 is 0 Å². The molecule has 1 atom stereocenters. The third-order valence-electron chi connectivity index (χ3n) is 5.10. The maximum Gasteiger partial charge on any atom is 0.332 e. The van der Waals surface area contributed by atoms with E-state index >= 15 is 0 Å². The lowest BCUT2D eigenvalue weighted by atomic mass is 10.0. The molecule has 0 radical (unpaired) electrons. The Morgan fingerprint density at radius 2 is 1.16 bits per heavy atom. The summed E-state index contributed by atoms with van der Waals surface area (Å²) in [5, 5.41) is -1.93. The lowest BCUT2D eigenvalue weighted by molar-refractivity contribution is -0.147. The lowest BCUT2D eigenvalue weighted by Gasteiger charge is -2.36. The molecule has 1 aliphatic heterocycles. The fourth-order valence-electron chi connectivity index (χ4n) is 3.34. The number of benzene rings is 2. The van der Waals surface area contributed by atoms with Crippen LogP contribution in [0.25, 0.3) is 0 Å². The summed E-state index contributed by atoms with van der Waals surface area (Å²) in [4.78, 5) is 38.6. The zero-order chi connectivity index (χ0) is 23.0. The van der Waals surface area contributed by atoms with Crippen LogP contribution in [0.1, 0.15) is 0 Å². The Kier molecular flexibility index (Phi) is 6.01. The van der Waals surface area contributed by atoms with Crippen LogP contribution in [0.2, 0.25) is 0 Å². The smallest absolute Gasteiger partial charge is 0.273 e. The zero-order valence-corrected chi connectivity index (χ0v) is 18.3. The van der Waals surface area contributed by atoms with Crippen LogP contribution in [-0.2, 0) is 29.3 Å². The van der Waals surface area contributed by atoms with Gasteiger partial charge in [0.2, 0.25) is 11.8 Å². The third-order valence-corrected chi connectivity index (χ3v) is 9.26. The van der Waals surface area contributed by atoms with E-state index in [1.165, 1.54) is 48.5 Å². The minimum Gasteiger partial charge on any atom is -0.273 e. The van der Waals surface area contributed by atoms with Crippen LogP contribution in [0.4, 0.5) is 4.79 Å².